The molecule has 2 aromatic rings. The van der Waals surface area contributed by atoms with Crippen molar-refractivity contribution in [3.63, 3.8) is 0 Å². The topological polar surface area (TPSA) is 26.7 Å². The molecule has 1 aliphatic rings. The third-order valence-electron chi connectivity index (χ3n) is 4.23. The lowest BCUT2D eigenvalue weighted by Gasteiger charge is -2.37. The van der Waals surface area contributed by atoms with E-state index in [4.69, 9.17) is 23.2 Å². The van der Waals surface area contributed by atoms with Crippen LogP contribution in [-0.4, -0.2) is 42.7 Å². The summed E-state index contributed by atoms with van der Waals surface area (Å²) in [5, 5.41) is 11.8. The lowest BCUT2D eigenvalue weighted by molar-refractivity contribution is 0.109. The molecule has 23 heavy (non-hydrogen) atoms. The molecular formula is C18H20Cl2N2O. The van der Waals surface area contributed by atoms with Crippen LogP contribution < -0.4 is 4.90 Å². The maximum atomic E-state index is 10.4. The van der Waals surface area contributed by atoms with Crippen LogP contribution >= 0.6 is 23.2 Å². The number of nitrogens with zero attached hydrogens (tertiary/aromatic N) is 2. The zero-order valence-electron chi connectivity index (χ0n) is 12.8. The molecule has 0 amide bonds. The van der Waals surface area contributed by atoms with Gasteiger partial charge in [0.1, 0.15) is 0 Å². The Balaban J connectivity index is 1.54. The van der Waals surface area contributed by atoms with E-state index in [2.05, 4.69) is 15.9 Å². The van der Waals surface area contributed by atoms with Crippen LogP contribution in [0.15, 0.2) is 48.5 Å². The SMILES string of the molecule is O[C@H](CN1CCN(c2cccc(Cl)c2)CC1)c1ccc(Cl)cc1. The van der Waals surface area contributed by atoms with Crippen molar-refractivity contribution >= 4 is 28.9 Å². The first-order valence-electron chi connectivity index (χ1n) is 7.78. The molecule has 0 bridgehead atoms. The van der Waals surface area contributed by atoms with Gasteiger partial charge in [0.15, 0.2) is 0 Å². The second-order valence-electron chi connectivity index (χ2n) is 5.83. The molecule has 1 heterocycles. The summed E-state index contributed by atoms with van der Waals surface area (Å²) in [5.74, 6) is 0. The van der Waals surface area contributed by atoms with E-state index in [9.17, 15) is 5.11 Å². The monoisotopic (exact) mass is 350 g/mol. The van der Waals surface area contributed by atoms with Crippen LogP contribution in [0.2, 0.25) is 10.0 Å². The Morgan fingerprint density at radius 1 is 0.913 bits per heavy atom. The van der Waals surface area contributed by atoms with Gasteiger partial charge in [0.2, 0.25) is 0 Å². The van der Waals surface area contributed by atoms with E-state index in [0.29, 0.717) is 11.6 Å². The largest absolute Gasteiger partial charge is 0.387 e. The molecule has 3 nitrogen and oxygen atoms in total. The molecule has 5 heteroatoms. The molecule has 0 aromatic heterocycles. The first kappa shape index (κ1) is 16.6. The van der Waals surface area contributed by atoms with Gasteiger partial charge in [-0.1, -0.05) is 41.4 Å². The molecule has 1 aliphatic heterocycles. The van der Waals surface area contributed by atoms with E-state index in [0.717, 1.165) is 42.5 Å². The molecule has 3 rings (SSSR count). The molecule has 1 N–H and O–H groups in total. The number of halogens is 2. The minimum Gasteiger partial charge on any atom is -0.387 e. The lowest BCUT2D eigenvalue weighted by atomic mass is 10.1. The molecule has 0 radical (unpaired) electrons. The maximum absolute atomic E-state index is 10.4. The fourth-order valence-corrected chi connectivity index (χ4v) is 3.21. The highest BCUT2D eigenvalue weighted by Crippen LogP contribution is 2.22. The third kappa shape index (κ3) is 4.39. The Labute approximate surface area is 147 Å². The van der Waals surface area contributed by atoms with E-state index < -0.39 is 6.10 Å². The van der Waals surface area contributed by atoms with Crippen molar-refractivity contribution in [2.45, 2.75) is 6.10 Å². The summed E-state index contributed by atoms with van der Waals surface area (Å²) in [5.41, 5.74) is 2.07. The number of piperazine rings is 1. The Kier molecular flexibility index (Phi) is 5.44. The summed E-state index contributed by atoms with van der Waals surface area (Å²) in [6, 6.07) is 15.4. The predicted molar refractivity (Wildman–Crippen MR) is 96.5 cm³/mol. The second-order valence-corrected chi connectivity index (χ2v) is 6.71. The number of aliphatic hydroxyl groups is 1. The Morgan fingerprint density at radius 3 is 2.26 bits per heavy atom. The van der Waals surface area contributed by atoms with Gasteiger partial charge in [-0.3, -0.25) is 4.90 Å². The van der Waals surface area contributed by atoms with Gasteiger partial charge < -0.3 is 10.0 Å². The van der Waals surface area contributed by atoms with Crippen LogP contribution in [0.5, 0.6) is 0 Å². The standard InChI is InChI=1S/C18H20Cl2N2O/c19-15-6-4-14(5-7-15)18(23)13-21-8-10-22(11-9-21)17-3-1-2-16(20)12-17/h1-7,12,18,23H,8-11,13H2/t18-/m1/s1. The summed E-state index contributed by atoms with van der Waals surface area (Å²) in [6.45, 7) is 4.38. The molecule has 0 saturated carbocycles. The van der Waals surface area contributed by atoms with Gasteiger partial charge in [0.05, 0.1) is 6.10 Å². The summed E-state index contributed by atoms with van der Waals surface area (Å²) >= 11 is 11.9. The number of aliphatic hydroxyl groups excluding tert-OH is 1. The van der Waals surface area contributed by atoms with Crippen LogP contribution in [-0.2, 0) is 0 Å². The predicted octanol–water partition coefficient (Wildman–Crippen LogP) is 3.85. The minimum atomic E-state index is -0.481. The van der Waals surface area contributed by atoms with Crippen molar-refractivity contribution in [2.24, 2.45) is 0 Å². The Bertz CT molecular complexity index is 640. The Hall–Kier alpha value is -1.26. The summed E-state index contributed by atoms with van der Waals surface area (Å²) in [6.07, 6.45) is -0.481. The number of hydrogen-bond acceptors (Lipinski definition) is 3. The van der Waals surface area contributed by atoms with Gasteiger partial charge >= 0.3 is 0 Å². The van der Waals surface area contributed by atoms with Crippen molar-refractivity contribution in [1.82, 2.24) is 4.90 Å². The number of anilines is 1. The normalized spacial score (nSPS) is 17.3. The van der Waals surface area contributed by atoms with E-state index in [1.807, 2.05) is 42.5 Å². The third-order valence-corrected chi connectivity index (χ3v) is 4.72. The smallest absolute Gasteiger partial charge is 0.0916 e. The minimum absolute atomic E-state index is 0.481. The molecular weight excluding hydrogens is 331 g/mol. The van der Waals surface area contributed by atoms with Crippen molar-refractivity contribution in [3.8, 4) is 0 Å². The Morgan fingerprint density at radius 2 is 1.61 bits per heavy atom. The highest BCUT2D eigenvalue weighted by Gasteiger charge is 2.20. The molecule has 2 aromatic carbocycles. The highest BCUT2D eigenvalue weighted by molar-refractivity contribution is 6.31. The van der Waals surface area contributed by atoms with E-state index in [1.54, 1.807) is 0 Å². The fourth-order valence-electron chi connectivity index (χ4n) is 2.90. The molecule has 1 saturated heterocycles. The summed E-state index contributed by atoms with van der Waals surface area (Å²) in [4.78, 5) is 4.62. The highest BCUT2D eigenvalue weighted by atomic mass is 35.5. The van der Waals surface area contributed by atoms with Crippen molar-refractivity contribution in [1.29, 1.82) is 0 Å². The van der Waals surface area contributed by atoms with E-state index >= 15 is 0 Å². The summed E-state index contributed by atoms with van der Waals surface area (Å²) in [7, 11) is 0. The number of benzene rings is 2. The van der Waals surface area contributed by atoms with Crippen molar-refractivity contribution in [3.05, 3.63) is 64.1 Å². The van der Waals surface area contributed by atoms with Crippen molar-refractivity contribution in [2.75, 3.05) is 37.6 Å². The first-order chi connectivity index (χ1) is 11.1. The fraction of sp³-hybridized carbons (Fsp3) is 0.333. The molecule has 1 atom stereocenters. The molecule has 122 valence electrons. The molecule has 0 spiro atoms. The van der Waals surface area contributed by atoms with Gasteiger partial charge in [-0.2, -0.15) is 0 Å². The van der Waals surface area contributed by atoms with Crippen LogP contribution in [0.1, 0.15) is 11.7 Å². The number of β-amino-alcohol motifs (C(OH)–C–C–N with tert-alkyl or cyclic N) is 1. The van der Waals surface area contributed by atoms with Crippen LogP contribution in [0.3, 0.4) is 0 Å². The average Bonchev–Trinajstić information content (AvgIpc) is 2.56. The number of rotatable bonds is 4. The van der Waals surface area contributed by atoms with Gasteiger partial charge in [-0.05, 0) is 35.9 Å². The van der Waals surface area contributed by atoms with E-state index in [-0.39, 0.29) is 0 Å². The van der Waals surface area contributed by atoms with Crippen LogP contribution in [0, 0.1) is 0 Å². The first-order valence-corrected chi connectivity index (χ1v) is 8.54. The van der Waals surface area contributed by atoms with Crippen LogP contribution in [0.25, 0.3) is 0 Å². The summed E-state index contributed by atoms with van der Waals surface area (Å²) < 4.78 is 0. The number of hydrogen-bond donors (Lipinski definition) is 1. The second kappa shape index (κ2) is 7.54. The zero-order valence-corrected chi connectivity index (χ0v) is 14.3. The average molecular weight is 351 g/mol. The zero-order chi connectivity index (χ0) is 16.2. The van der Waals surface area contributed by atoms with Crippen molar-refractivity contribution < 1.29 is 5.11 Å². The van der Waals surface area contributed by atoms with Gasteiger partial charge in [0, 0.05) is 48.5 Å². The van der Waals surface area contributed by atoms with E-state index in [1.165, 1.54) is 0 Å². The quantitative estimate of drug-likeness (QED) is 0.907. The van der Waals surface area contributed by atoms with Gasteiger partial charge in [-0.15, -0.1) is 0 Å². The molecule has 0 unspecified atom stereocenters. The van der Waals surface area contributed by atoms with Gasteiger partial charge in [-0.25, -0.2) is 0 Å². The van der Waals surface area contributed by atoms with Gasteiger partial charge in [0.25, 0.3) is 0 Å². The van der Waals surface area contributed by atoms with Crippen LogP contribution in [0.4, 0.5) is 5.69 Å². The molecule has 1 fully saturated rings. The lowest BCUT2D eigenvalue weighted by Crippen LogP contribution is -2.47. The molecule has 0 aliphatic carbocycles. The maximum Gasteiger partial charge on any atom is 0.0916 e.